The van der Waals surface area contributed by atoms with Crippen LogP contribution in [0.2, 0.25) is 0 Å². The highest BCUT2D eigenvalue weighted by Gasteiger charge is 2.41. The predicted molar refractivity (Wildman–Crippen MR) is 57.3 cm³/mol. The summed E-state index contributed by atoms with van der Waals surface area (Å²) in [6.45, 7) is 3.89. The molecule has 0 aliphatic carbocycles. The van der Waals surface area contributed by atoms with E-state index >= 15 is 0 Å². The molecule has 1 heterocycles. The van der Waals surface area contributed by atoms with Gasteiger partial charge in [0.1, 0.15) is 5.54 Å². The van der Waals surface area contributed by atoms with Crippen LogP contribution < -0.4 is 10.6 Å². The minimum Gasteiger partial charge on any atom is -0.323 e. The average Bonchev–Trinajstić information content (AvgIpc) is 2.36. The minimum absolute atomic E-state index is 0.216. The zero-order valence-electron chi connectivity index (χ0n) is 8.55. The number of unbranched alkanes of at least 4 members (excludes halogenated alkanes) is 1. The van der Waals surface area contributed by atoms with Crippen molar-refractivity contribution < 1.29 is 9.59 Å². The maximum atomic E-state index is 11.4. The molecule has 1 unspecified atom stereocenters. The Morgan fingerprint density at radius 1 is 1.43 bits per heavy atom. The van der Waals surface area contributed by atoms with Gasteiger partial charge < -0.3 is 5.32 Å². The van der Waals surface area contributed by atoms with Gasteiger partial charge in [0, 0.05) is 5.75 Å². The molecule has 1 fully saturated rings. The molecule has 0 saturated carbocycles. The molecule has 80 valence electrons. The van der Waals surface area contributed by atoms with E-state index < -0.39 is 5.54 Å². The summed E-state index contributed by atoms with van der Waals surface area (Å²) >= 11 is 1.70. The molecule has 0 aromatic carbocycles. The molecule has 0 bridgehead atoms. The van der Waals surface area contributed by atoms with E-state index in [1.165, 1.54) is 0 Å². The van der Waals surface area contributed by atoms with Gasteiger partial charge in [0.25, 0.3) is 5.91 Å². The van der Waals surface area contributed by atoms with Crippen molar-refractivity contribution in [3.8, 4) is 0 Å². The number of hydrogen-bond acceptors (Lipinski definition) is 3. The van der Waals surface area contributed by atoms with E-state index in [1.807, 2.05) is 0 Å². The zero-order valence-corrected chi connectivity index (χ0v) is 9.37. The molecule has 1 aliphatic heterocycles. The number of amides is 3. The lowest BCUT2D eigenvalue weighted by Crippen LogP contribution is -2.46. The summed E-state index contributed by atoms with van der Waals surface area (Å²) < 4.78 is 0. The summed E-state index contributed by atoms with van der Waals surface area (Å²) in [6.07, 6.45) is 2.30. The Labute approximate surface area is 88.2 Å². The summed E-state index contributed by atoms with van der Waals surface area (Å²) in [6, 6.07) is -0.381. The van der Waals surface area contributed by atoms with Crippen molar-refractivity contribution in [2.45, 2.75) is 32.2 Å². The van der Waals surface area contributed by atoms with Crippen LogP contribution in [0, 0.1) is 0 Å². The Morgan fingerprint density at radius 3 is 2.64 bits per heavy atom. The highest BCUT2D eigenvalue weighted by atomic mass is 32.2. The maximum Gasteiger partial charge on any atom is 0.322 e. The van der Waals surface area contributed by atoms with Crippen LogP contribution in [-0.4, -0.2) is 29.0 Å². The van der Waals surface area contributed by atoms with E-state index in [0.29, 0.717) is 5.75 Å². The third-order valence-corrected chi connectivity index (χ3v) is 3.51. The molecule has 4 nitrogen and oxygen atoms in total. The molecule has 0 aromatic rings. The second-order valence-corrected chi connectivity index (χ2v) is 4.75. The Balaban J connectivity index is 2.35. The molecule has 5 heteroatoms. The molecular weight excluding hydrogens is 200 g/mol. The lowest BCUT2D eigenvalue weighted by atomic mass is 10.1. The molecule has 0 spiro atoms. The largest absolute Gasteiger partial charge is 0.323 e. The fourth-order valence-corrected chi connectivity index (χ4v) is 2.45. The summed E-state index contributed by atoms with van der Waals surface area (Å²) in [4.78, 5) is 22.3. The summed E-state index contributed by atoms with van der Waals surface area (Å²) in [5.41, 5.74) is -0.713. The number of urea groups is 1. The second kappa shape index (κ2) is 4.68. The van der Waals surface area contributed by atoms with Crippen LogP contribution in [0.25, 0.3) is 0 Å². The van der Waals surface area contributed by atoms with E-state index in [-0.39, 0.29) is 11.9 Å². The highest BCUT2D eigenvalue weighted by molar-refractivity contribution is 7.99. The Hall–Kier alpha value is -0.710. The number of nitrogens with one attached hydrogen (secondary N) is 2. The molecule has 1 atom stereocenters. The molecule has 14 heavy (non-hydrogen) atoms. The van der Waals surface area contributed by atoms with E-state index in [4.69, 9.17) is 0 Å². The number of rotatable bonds is 5. The Kier molecular flexibility index (Phi) is 3.80. The zero-order chi connectivity index (χ0) is 10.6. The van der Waals surface area contributed by atoms with E-state index in [1.54, 1.807) is 18.7 Å². The Bertz CT molecular complexity index is 245. The molecule has 3 amide bonds. The number of imide groups is 1. The quantitative estimate of drug-likeness (QED) is 0.535. The minimum atomic E-state index is -0.713. The lowest BCUT2D eigenvalue weighted by molar-refractivity contribution is -0.122. The topological polar surface area (TPSA) is 58.2 Å². The van der Waals surface area contributed by atoms with Gasteiger partial charge in [0.15, 0.2) is 0 Å². The fourth-order valence-electron chi connectivity index (χ4n) is 1.20. The van der Waals surface area contributed by atoms with Gasteiger partial charge in [-0.25, -0.2) is 4.79 Å². The van der Waals surface area contributed by atoms with Gasteiger partial charge in [-0.05, 0) is 19.1 Å². The van der Waals surface area contributed by atoms with Crippen LogP contribution in [0.3, 0.4) is 0 Å². The van der Waals surface area contributed by atoms with Crippen LogP contribution in [0.1, 0.15) is 26.7 Å². The molecule has 2 N–H and O–H groups in total. The SMILES string of the molecule is CCCCSCC1(C)NC(=O)NC1=O. The van der Waals surface area contributed by atoms with E-state index in [0.717, 1.165) is 18.6 Å². The van der Waals surface area contributed by atoms with E-state index in [2.05, 4.69) is 17.6 Å². The van der Waals surface area contributed by atoms with Crippen molar-refractivity contribution in [2.75, 3.05) is 11.5 Å². The van der Waals surface area contributed by atoms with Gasteiger partial charge >= 0.3 is 6.03 Å². The molecule has 0 aromatic heterocycles. The predicted octanol–water partition coefficient (Wildman–Crippen LogP) is 1.12. The number of hydrogen-bond donors (Lipinski definition) is 2. The van der Waals surface area contributed by atoms with Gasteiger partial charge in [-0.2, -0.15) is 11.8 Å². The lowest BCUT2D eigenvalue weighted by Gasteiger charge is -2.19. The third-order valence-electron chi connectivity index (χ3n) is 2.15. The van der Waals surface area contributed by atoms with Gasteiger partial charge in [0.2, 0.25) is 0 Å². The molecule has 0 radical (unpaired) electrons. The first-order valence-electron chi connectivity index (χ1n) is 4.80. The molecule has 1 saturated heterocycles. The van der Waals surface area contributed by atoms with Crippen LogP contribution in [0.5, 0.6) is 0 Å². The smallest absolute Gasteiger partial charge is 0.322 e. The number of carbonyl (C=O) groups excluding carboxylic acids is 2. The normalized spacial score (nSPS) is 26.1. The van der Waals surface area contributed by atoms with E-state index in [9.17, 15) is 9.59 Å². The first-order chi connectivity index (χ1) is 6.58. The molecule has 1 rings (SSSR count). The maximum absolute atomic E-state index is 11.4. The standard InChI is InChI=1S/C9H16N2O2S/c1-3-4-5-14-6-9(2)7(12)10-8(13)11-9/h3-6H2,1-2H3,(H2,10,11,12,13). The van der Waals surface area contributed by atoms with Gasteiger partial charge in [-0.15, -0.1) is 0 Å². The van der Waals surface area contributed by atoms with Crippen LogP contribution in [0.15, 0.2) is 0 Å². The molecule has 1 aliphatic rings. The van der Waals surface area contributed by atoms with Crippen molar-refractivity contribution in [1.82, 2.24) is 10.6 Å². The first kappa shape index (κ1) is 11.4. The number of thioether (sulfide) groups is 1. The first-order valence-corrected chi connectivity index (χ1v) is 5.95. The van der Waals surface area contributed by atoms with Crippen LogP contribution in [-0.2, 0) is 4.79 Å². The molecular formula is C9H16N2O2S. The van der Waals surface area contributed by atoms with Crippen molar-refractivity contribution in [1.29, 1.82) is 0 Å². The average molecular weight is 216 g/mol. The van der Waals surface area contributed by atoms with Crippen molar-refractivity contribution in [3.05, 3.63) is 0 Å². The third kappa shape index (κ3) is 2.64. The van der Waals surface area contributed by atoms with Crippen LogP contribution >= 0.6 is 11.8 Å². The summed E-state index contributed by atoms with van der Waals surface area (Å²) in [5, 5.41) is 4.88. The summed E-state index contributed by atoms with van der Waals surface area (Å²) in [5.74, 6) is 1.46. The second-order valence-electron chi connectivity index (χ2n) is 3.65. The summed E-state index contributed by atoms with van der Waals surface area (Å²) in [7, 11) is 0. The van der Waals surface area contributed by atoms with Gasteiger partial charge in [-0.1, -0.05) is 13.3 Å². The van der Waals surface area contributed by atoms with Crippen LogP contribution in [0.4, 0.5) is 4.79 Å². The monoisotopic (exact) mass is 216 g/mol. The Morgan fingerprint density at radius 2 is 2.14 bits per heavy atom. The van der Waals surface area contributed by atoms with Gasteiger partial charge in [0.05, 0.1) is 0 Å². The van der Waals surface area contributed by atoms with Crippen molar-refractivity contribution in [2.24, 2.45) is 0 Å². The van der Waals surface area contributed by atoms with Crippen molar-refractivity contribution >= 4 is 23.7 Å². The fraction of sp³-hybridized carbons (Fsp3) is 0.778. The van der Waals surface area contributed by atoms with Crippen molar-refractivity contribution in [3.63, 3.8) is 0 Å². The van der Waals surface area contributed by atoms with Gasteiger partial charge in [-0.3, -0.25) is 10.1 Å². The highest BCUT2D eigenvalue weighted by Crippen LogP contribution is 2.17. The number of carbonyl (C=O) groups is 2.